The van der Waals surface area contributed by atoms with Gasteiger partial charge in [0.2, 0.25) is 0 Å². The minimum Gasteiger partial charge on any atom is -0.508 e. The van der Waals surface area contributed by atoms with E-state index >= 15 is 0 Å². The Balaban J connectivity index is 2.27. The van der Waals surface area contributed by atoms with Crippen molar-refractivity contribution in [2.45, 2.75) is 0 Å². The largest absolute Gasteiger partial charge is 0.508 e. The highest BCUT2D eigenvalue weighted by Crippen LogP contribution is 2.25. The van der Waals surface area contributed by atoms with Gasteiger partial charge in [0, 0.05) is 11.6 Å². The van der Waals surface area contributed by atoms with Gasteiger partial charge in [0.25, 0.3) is 0 Å². The van der Waals surface area contributed by atoms with Gasteiger partial charge in [-0.15, -0.1) is 0 Å². The summed E-state index contributed by atoms with van der Waals surface area (Å²) in [6.45, 7) is 0. The Labute approximate surface area is 116 Å². The highest BCUT2D eigenvalue weighted by molar-refractivity contribution is 6.08. The molecule has 2 N–H and O–H groups in total. The first kappa shape index (κ1) is 13.7. The monoisotopic (exact) mass is 270 g/mol. The van der Waals surface area contributed by atoms with Crippen LogP contribution in [-0.4, -0.2) is 23.1 Å². The zero-order chi connectivity index (χ0) is 14.5. The van der Waals surface area contributed by atoms with Gasteiger partial charge in [0.15, 0.2) is 5.78 Å². The predicted molar refractivity (Wildman–Crippen MR) is 76.1 cm³/mol. The molecule has 20 heavy (non-hydrogen) atoms. The molecular formula is C16H14O4. The van der Waals surface area contributed by atoms with E-state index in [9.17, 15) is 15.0 Å². The number of aromatic hydroxyl groups is 2. The first-order chi connectivity index (χ1) is 9.61. The molecular weight excluding hydrogens is 256 g/mol. The summed E-state index contributed by atoms with van der Waals surface area (Å²) in [5.41, 5.74) is 0.899. The van der Waals surface area contributed by atoms with Crippen LogP contribution in [0, 0.1) is 0 Å². The fraction of sp³-hybridized carbons (Fsp3) is 0.0625. The highest BCUT2D eigenvalue weighted by atomic mass is 16.5. The molecule has 2 aromatic rings. The standard InChI is InChI=1S/C16H14O4/c1-20-16-10-12(17)7-8-13(16)15(19)9-6-11-4-2-3-5-14(11)18/h2-10,17-18H,1H3. The Kier molecular flexibility index (Phi) is 4.05. The molecule has 0 heterocycles. The minimum absolute atomic E-state index is 0.0306. The molecule has 0 aliphatic carbocycles. The van der Waals surface area contributed by atoms with Crippen LogP contribution in [0.25, 0.3) is 6.08 Å². The predicted octanol–water partition coefficient (Wildman–Crippen LogP) is 3.00. The van der Waals surface area contributed by atoms with Gasteiger partial charge in [-0.2, -0.15) is 0 Å². The van der Waals surface area contributed by atoms with Crippen molar-refractivity contribution in [3.8, 4) is 17.2 Å². The lowest BCUT2D eigenvalue weighted by Crippen LogP contribution is -1.98. The summed E-state index contributed by atoms with van der Waals surface area (Å²) < 4.78 is 5.06. The van der Waals surface area contributed by atoms with E-state index in [1.807, 2.05) is 0 Å². The second-order valence-electron chi connectivity index (χ2n) is 4.14. The molecule has 4 nitrogen and oxygen atoms in total. The Hall–Kier alpha value is -2.75. The average molecular weight is 270 g/mol. The lowest BCUT2D eigenvalue weighted by Gasteiger charge is -2.05. The van der Waals surface area contributed by atoms with E-state index in [1.165, 1.54) is 37.5 Å². The Bertz CT molecular complexity index is 659. The molecule has 102 valence electrons. The van der Waals surface area contributed by atoms with Crippen LogP contribution in [0.1, 0.15) is 15.9 Å². The number of rotatable bonds is 4. The third kappa shape index (κ3) is 2.98. The minimum atomic E-state index is -0.273. The molecule has 0 spiro atoms. The molecule has 0 atom stereocenters. The molecule has 0 aliphatic heterocycles. The van der Waals surface area contributed by atoms with E-state index in [1.54, 1.807) is 24.3 Å². The van der Waals surface area contributed by atoms with Crippen LogP contribution in [-0.2, 0) is 0 Å². The van der Waals surface area contributed by atoms with Gasteiger partial charge >= 0.3 is 0 Å². The van der Waals surface area contributed by atoms with Gasteiger partial charge in [-0.25, -0.2) is 0 Å². The summed E-state index contributed by atoms with van der Waals surface area (Å²) in [7, 11) is 1.43. The number of benzene rings is 2. The van der Waals surface area contributed by atoms with Gasteiger partial charge in [0.05, 0.1) is 12.7 Å². The maximum absolute atomic E-state index is 12.1. The normalized spacial score (nSPS) is 10.7. The van der Waals surface area contributed by atoms with Crippen LogP contribution < -0.4 is 4.74 Å². The van der Waals surface area contributed by atoms with Crippen molar-refractivity contribution in [1.29, 1.82) is 0 Å². The number of phenolic OH excluding ortho intramolecular Hbond substituents is 2. The fourth-order valence-electron chi connectivity index (χ4n) is 1.77. The molecule has 0 fully saturated rings. The Morgan fingerprint density at radius 3 is 2.60 bits per heavy atom. The zero-order valence-corrected chi connectivity index (χ0v) is 10.9. The van der Waals surface area contributed by atoms with Crippen molar-refractivity contribution < 1.29 is 19.7 Å². The maximum Gasteiger partial charge on any atom is 0.189 e. The number of hydrogen-bond acceptors (Lipinski definition) is 4. The SMILES string of the molecule is COc1cc(O)ccc1C(=O)C=Cc1ccccc1O. The second kappa shape index (κ2) is 5.93. The van der Waals surface area contributed by atoms with E-state index in [0.717, 1.165) is 0 Å². The molecule has 0 bridgehead atoms. The van der Waals surface area contributed by atoms with Crippen LogP contribution in [0.3, 0.4) is 0 Å². The summed E-state index contributed by atoms with van der Waals surface area (Å²) in [6.07, 6.45) is 2.88. The lowest BCUT2D eigenvalue weighted by molar-refractivity contribution is 0.104. The molecule has 0 radical (unpaired) electrons. The van der Waals surface area contributed by atoms with Crippen molar-refractivity contribution in [3.05, 3.63) is 59.7 Å². The average Bonchev–Trinajstić information content (AvgIpc) is 2.46. The van der Waals surface area contributed by atoms with E-state index in [2.05, 4.69) is 0 Å². The molecule has 0 amide bonds. The molecule has 0 saturated heterocycles. The van der Waals surface area contributed by atoms with Crippen LogP contribution in [0.15, 0.2) is 48.5 Å². The van der Waals surface area contributed by atoms with Gasteiger partial charge in [-0.3, -0.25) is 4.79 Å². The molecule has 0 aliphatic rings. The summed E-state index contributed by atoms with van der Waals surface area (Å²) >= 11 is 0. The topological polar surface area (TPSA) is 66.8 Å². The van der Waals surface area contributed by atoms with Crippen molar-refractivity contribution in [1.82, 2.24) is 0 Å². The van der Waals surface area contributed by atoms with Gasteiger partial charge in [-0.05, 0) is 30.4 Å². The number of phenols is 2. The van der Waals surface area contributed by atoms with Crippen molar-refractivity contribution >= 4 is 11.9 Å². The number of allylic oxidation sites excluding steroid dienone is 1. The van der Waals surface area contributed by atoms with Crippen LogP contribution >= 0.6 is 0 Å². The number of ether oxygens (including phenoxy) is 1. The molecule has 2 aromatic carbocycles. The summed E-state index contributed by atoms with van der Waals surface area (Å²) in [5, 5.41) is 19.0. The van der Waals surface area contributed by atoms with Crippen LogP contribution in [0.5, 0.6) is 17.2 Å². The lowest BCUT2D eigenvalue weighted by atomic mass is 10.1. The quantitative estimate of drug-likeness (QED) is 0.662. The number of carbonyl (C=O) groups excluding carboxylic acids is 1. The third-order valence-electron chi connectivity index (χ3n) is 2.80. The van der Waals surface area contributed by atoms with Crippen LogP contribution in [0.4, 0.5) is 0 Å². The molecule has 2 rings (SSSR count). The van der Waals surface area contributed by atoms with E-state index in [4.69, 9.17) is 4.74 Å². The first-order valence-corrected chi connectivity index (χ1v) is 5.99. The maximum atomic E-state index is 12.1. The van der Waals surface area contributed by atoms with E-state index in [-0.39, 0.29) is 17.3 Å². The third-order valence-corrected chi connectivity index (χ3v) is 2.80. The summed E-state index contributed by atoms with van der Waals surface area (Å²) in [6, 6.07) is 11.0. The number of hydrogen-bond donors (Lipinski definition) is 2. The number of methoxy groups -OCH3 is 1. The fourth-order valence-corrected chi connectivity index (χ4v) is 1.77. The van der Waals surface area contributed by atoms with Gasteiger partial charge in [0.1, 0.15) is 17.2 Å². The molecule has 0 aromatic heterocycles. The molecule has 0 unspecified atom stereocenters. The smallest absolute Gasteiger partial charge is 0.189 e. The highest BCUT2D eigenvalue weighted by Gasteiger charge is 2.10. The van der Waals surface area contributed by atoms with Crippen molar-refractivity contribution in [2.75, 3.05) is 7.11 Å². The summed E-state index contributed by atoms with van der Waals surface area (Å²) in [5.74, 6) is 0.166. The van der Waals surface area contributed by atoms with Gasteiger partial charge in [-0.1, -0.05) is 18.2 Å². The van der Waals surface area contributed by atoms with E-state index < -0.39 is 0 Å². The number of carbonyl (C=O) groups is 1. The van der Waals surface area contributed by atoms with Crippen LogP contribution in [0.2, 0.25) is 0 Å². The van der Waals surface area contributed by atoms with Gasteiger partial charge < -0.3 is 14.9 Å². The second-order valence-corrected chi connectivity index (χ2v) is 4.14. The zero-order valence-electron chi connectivity index (χ0n) is 10.9. The van der Waals surface area contributed by atoms with E-state index in [0.29, 0.717) is 16.9 Å². The molecule has 4 heteroatoms. The first-order valence-electron chi connectivity index (χ1n) is 5.99. The van der Waals surface area contributed by atoms with Crippen molar-refractivity contribution in [2.24, 2.45) is 0 Å². The Morgan fingerprint density at radius 2 is 1.90 bits per heavy atom. The number of para-hydroxylation sites is 1. The Morgan fingerprint density at radius 1 is 1.15 bits per heavy atom. The summed E-state index contributed by atoms with van der Waals surface area (Å²) in [4.78, 5) is 12.1. The number of ketones is 1. The molecule has 0 saturated carbocycles. The van der Waals surface area contributed by atoms with Crippen molar-refractivity contribution in [3.63, 3.8) is 0 Å².